The average molecular weight is 291 g/mol. The Bertz CT molecular complexity index is 395. The molecule has 1 aromatic carbocycles. The van der Waals surface area contributed by atoms with Crippen LogP contribution in [0.15, 0.2) is 30.3 Å². The molecule has 1 aliphatic rings. The van der Waals surface area contributed by atoms with Crippen LogP contribution in [-0.2, 0) is 11.2 Å². The van der Waals surface area contributed by atoms with Crippen LogP contribution in [0.1, 0.15) is 31.2 Å². The number of piperidine rings is 1. The van der Waals surface area contributed by atoms with E-state index in [1.807, 2.05) is 0 Å². The first-order valence-corrected chi connectivity index (χ1v) is 8.14. The van der Waals surface area contributed by atoms with Crippen molar-refractivity contribution in [2.75, 3.05) is 40.0 Å². The average Bonchev–Trinajstić information content (AvgIpc) is 2.54. The van der Waals surface area contributed by atoms with Crippen LogP contribution in [0.3, 0.4) is 0 Å². The summed E-state index contributed by atoms with van der Waals surface area (Å²) in [6.45, 7) is 4.35. The Kier molecular flexibility index (Phi) is 6.68. The molecule has 21 heavy (non-hydrogen) atoms. The summed E-state index contributed by atoms with van der Waals surface area (Å²) in [5.41, 5.74) is 1.48. The van der Waals surface area contributed by atoms with Gasteiger partial charge in [0.05, 0.1) is 6.61 Å². The van der Waals surface area contributed by atoms with Crippen LogP contribution in [-0.4, -0.2) is 50.0 Å². The van der Waals surface area contributed by atoms with Crippen molar-refractivity contribution in [2.45, 2.75) is 32.1 Å². The molecule has 1 aromatic rings. The molecule has 1 N–H and O–H groups in total. The molecule has 0 bridgehead atoms. The minimum Gasteiger partial charge on any atom is -0.396 e. The number of aliphatic hydroxyl groups excluding tert-OH is 1. The van der Waals surface area contributed by atoms with Crippen molar-refractivity contribution in [3.63, 3.8) is 0 Å². The highest BCUT2D eigenvalue weighted by Crippen LogP contribution is 2.33. The monoisotopic (exact) mass is 291 g/mol. The van der Waals surface area contributed by atoms with Gasteiger partial charge in [-0.3, -0.25) is 0 Å². The second-order valence-electron chi connectivity index (χ2n) is 6.37. The first kappa shape index (κ1) is 16.5. The van der Waals surface area contributed by atoms with Gasteiger partial charge < -0.3 is 14.7 Å². The molecule has 1 unspecified atom stereocenters. The highest BCUT2D eigenvalue weighted by atomic mass is 16.5. The number of aliphatic hydroxyl groups is 1. The van der Waals surface area contributed by atoms with Crippen molar-refractivity contribution in [3.8, 4) is 0 Å². The zero-order valence-electron chi connectivity index (χ0n) is 13.3. The Labute approximate surface area is 128 Å². The minimum atomic E-state index is 0.0566. The first-order chi connectivity index (χ1) is 10.3. The third kappa shape index (κ3) is 5.10. The molecule has 0 aromatic heterocycles. The summed E-state index contributed by atoms with van der Waals surface area (Å²) in [5, 5.41) is 9.81. The fraction of sp³-hybridized carbons (Fsp3) is 0.667. The normalized spacial score (nSPS) is 23.3. The summed E-state index contributed by atoms with van der Waals surface area (Å²) in [7, 11) is 1.74. The van der Waals surface area contributed by atoms with Crippen LogP contribution in [0.4, 0.5) is 0 Å². The van der Waals surface area contributed by atoms with Gasteiger partial charge in [-0.2, -0.15) is 0 Å². The van der Waals surface area contributed by atoms with E-state index in [-0.39, 0.29) is 12.0 Å². The molecule has 1 saturated heterocycles. The van der Waals surface area contributed by atoms with E-state index in [1.165, 1.54) is 24.9 Å². The zero-order valence-corrected chi connectivity index (χ0v) is 13.3. The molecule has 0 amide bonds. The van der Waals surface area contributed by atoms with Gasteiger partial charge in [0.15, 0.2) is 0 Å². The van der Waals surface area contributed by atoms with Gasteiger partial charge in [0, 0.05) is 25.7 Å². The van der Waals surface area contributed by atoms with Crippen molar-refractivity contribution in [2.24, 2.45) is 5.41 Å². The SMILES string of the molecule is COCCC1(CO)CCCN(CCCc2ccccc2)C1. The van der Waals surface area contributed by atoms with Gasteiger partial charge >= 0.3 is 0 Å². The maximum atomic E-state index is 9.81. The van der Waals surface area contributed by atoms with Gasteiger partial charge in [0.1, 0.15) is 0 Å². The standard InChI is InChI=1S/C18H29NO2/c1-21-14-11-18(16-20)10-6-13-19(15-18)12-5-9-17-7-3-2-4-8-17/h2-4,7-8,20H,5-6,9-16H2,1H3. The van der Waals surface area contributed by atoms with Crippen LogP contribution in [0.5, 0.6) is 0 Å². The Morgan fingerprint density at radius 1 is 1.29 bits per heavy atom. The van der Waals surface area contributed by atoms with E-state index < -0.39 is 0 Å². The van der Waals surface area contributed by atoms with E-state index in [0.29, 0.717) is 0 Å². The van der Waals surface area contributed by atoms with Crippen LogP contribution >= 0.6 is 0 Å². The predicted octanol–water partition coefficient (Wildman–Crippen LogP) is 2.73. The van der Waals surface area contributed by atoms with E-state index >= 15 is 0 Å². The molecule has 3 heteroatoms. The molecule has 0 radical (unpaired) electrons. The Hall–Kier alpha value is -0.900. The molecule has 2 rings (SSSR count). The summed E-state index contributed by atoms with van der Waals surface area (Å²) < 4.78 is 5.22. The Morgan fingerprint density at radius 3 is 2.81 bits per heavy atom. The lowest BCUT2D eigenvalue weighted by Gasteiger charge is -2.42. The summed E-state index contributed by atoms with van der Waals surface area (Å²) in [6.07, 6.45) is 5.62. The molecule has 1 atom stereocenters. The highest BCUT2D eigenvalue weighted by Gasteiger charge is 2.34. The number of hydrogen-bond donors (Lipinski definition) is 1. The fourth-order valence-electron chi connectivity index (χ4n) is 3.38. The topological polar surface area (TPSA) is 32.7 Å². The maximum absolute atomic E-state index is 9.81. The smallest absolute Gasteiger partial charge is 0.0500 e. The van der Waals surface area contributed by atoms with Crippen molar-refractivity contribution >= 4 is 0 Å². The number of ether oxygens (including phenoxy) is 1. The van der Waals surface area contributed by atoms with Crippen molar-refractivity contribution in [1.29, 1.82) is 0 Å². The minimum absolute atomic E-state index is 0.0566. The Morgan fingerprint density at radius 2 is 2.10 bits per heavy atom. The van der Waals surface area contributed by atoms with Crippen LogP contribution in [0.2, 0.25) is 0 Å². The summed E-state index contributed by atoms with van der Waals surface area (Å²) in [5.74, 6) is 0. The molecule has 0 saturated carbocycles. The van der Waals surface area contributed by atoms with Gasteiger partial charge in [-0.25, -0.2) is 0 Å². The predicted molar refractivity (Wildman–Crippen MR) is 86.4 cm³/mol. The largest absolute Gasteiger partial charge is 0.396 e. The number of benzene rings is 1. The van der Waals surface area contributed by atoms with Crippen LogP contribution in [0, 0.1) is 5.41 Å². The zero-order chi connectivity index (χ0) is 15.0. The molecule has 1 heterocycles. The van der Waals surface area contributed by atoms with Crippen molar-refractivity contribution < 1.29 is 9.84 Å². The Balaban J connectivity index is 1.78. The van der Waals surface area contributed by atoms with Gasteiger partial charge in [-0.05, 0) is 50.8 Å². The van der Waals surface area contributed by atoms with Gasteiger partial charge in [-0.15, -0.1) is 0 Å². The number of aryl methyl sites for hydroxylation is 1. The van der Waals surface area contributed by atoms with Gasteiger partial charge in [-0.1, -0.05) is 30.3 Å². The molecule has 1 fully saturated rings. The van der Waals surface area contributed by atoms with Crippen LogP contribution in [0.25, 0.3) is 0 Å². The van der Waals surface area contributed by atoms with E-state index in [9.17, 15) is 5.11 Å². The molecule has 0 spiro atoms. The van der Waals surface area contributed by atoms with Crippen LogP contribution < -0.4 is 0 Å². The molecular formula is C18H29NO2. The summed E-state index contributed by atoms with van der Waals surface area (Å²) in [6, 6.07) is 10.7. The lowest BCUT2D eigenvalue weighted by atomic mass is 9.78. The molecule has 118 valence electrons. The molecular weight excluding hydrogens is 262 g/mol. The lowest BCUT2D eigenvalue weighted by Crippen LogP contribution is -2.46. The molecule has 0 aliphatic carbocycles. The maximum Gasteiger partial charge on any atom is 0.0500 e. The molecule has 3 nitrogen and oxygen atoms in total. The number of nitrogens with zero attached hydrogens (tertiary/aromatic N) is 1. The second-order valence-corrected chi connectivity index (χ2v) is 6.37. The third-order valence-electron chi connectivity index (χ3n) is 4.70. The summed E-state index contributed by atoms with van der Waals surface area (Å²) >= 11 is 0. The number of hydrogen-bond acceptors (Lipinski definition) is 3. The fourth-order valence-corrected chi connectivity index (χ4v) is 3.38. The third-order valence-corrected chi connectivity index (χ3v) is 4.70. The number of methoxy groups -OCH3 is 1. The van der Waals surface area contributed by atoms with Gasteiger partial charge in [0.25, 0.3) is 0 Å². The quantitative estimate of drug-likeness (QED) is 0.799. The lowest BCUT2D eigenvalue weighted by molar-refractivity contribution is 0.00731. The van der Waals surface area contributed by atoms with E-state index in [4.69, 9.17) is 4.74 Å². The highest BCUT2D eigenvalue weighted by molar-refractivity contribution is 5.14. The van der Waals surface area contributed by atoms with E-state index in [0.717, 1.165) is 39.0 Å². The summed E-state index contributed by atoms with van der Waals surface area (Å²) in [4.78, 5) is 2.53. The number of likely N-dealkylation sites (tertiary alicyclic amines) is 1. The van der Waals surface area contributed by atoms with Crippen molar-refractivity contribution in [1.82, 2.24) is 4.90 Å². The first-order valence-electron chi connectivity index (χ1n) is 8.14. The van der Waals surface area contributed by atoms with Gasteiger partial charge in [0.2, 0.25) is 0 Å². The second kappa shape index (κ2) is 8.52. The van der Waals surface area contributed by atoms with E-state index in [1.54, 1.807) is 7.11 Å². The molecule has 1 aliphatic heterocycles. The van der Waals surface area contributed by atoms with Crippen molar-refractivity contribution in [3.05, 3.63) is 35.9 Å². The number of rotatable bonds is 8. The van der Waals surface area contributed by atoms with E-state index in [2.05, 4.69) is 35.2 Å².